The Bertz CT molecular complexity index is 2710. The molecule has 0 atom stereocenters. The van der Waals surface area contributed by atoms with Gasteiger partial charge in [-0.2, -0.15) is 21.0 Å². The summed E-state index contributed by atoms with van der Waals surface area (Å²) in [6.07, 6.45) is 0. The van der Waals surface area contributed by atoms with Gasteiger partial charge in [0.1, 0.15) is 0 Å². The van der Waals surface area contributed by atoms with Gasteiger partial charge in [-0.25, -0.2) is 0 Å². The second-order valence-electron chi connectivity index (χ2n) is 12.2. The van der Waals surface area contributed by atoms with Crippen LogP contribution >= 0.6 is 0 Å². The van der Waals surface area contributed by atoms with Crippen LogP contribution in [0, 0.1) is 45.3 Å². The fraction of sp³-hybridized carbons (Fsp3) is 0. The molecule has 1 heterocycles. The summed E-state index contributed by atoms with van der Waals surface area (Å²) >= 11 is 0. The molecular weight excluding hydrogens is 623 g/mol. The highest BCUT2D eigenvalue weighted by Gasteiger charge is 2.22. The lowest BCUT2D eigenvalue weighted by atomic mass is 9.91. The standard InChI is InChI=1S/C46H25N5/c47-26-33-14-7-15-34(27-48)44(33)32-20-21-40-43(25-32)51(42-19-9-18-41(46(40)42)45-35(28-49)16-8-17-36(45)29-50)39-23-37(30-10-3-1-4-11-30)22-38(24-39)31-12-5-2-6-13-31/h1-25H. The summed E-state index contributed by atoms with van der Waals surface area (Å²) in [4.78, 5) is 0. The third-order valence-corrected chi connectivity index (χ3v) is 9.35. The van der Waals surface area contributed by atoms with Crippen molar-refractivity contribution in [1.82, 2.24) is 4.57 Å². The Labute approximate surface area is 295 Å². The van der Waals surface area contributed by atoms with Crippen molar-refractivity contribution in [2.24, 2.45) is 0 Å². The maximum absolute atomic E-state index is 10.2. The normalized spacial score (nSPS) is 10.7. The van der Waals surface area contributed by atoms with Crippen molar-refractivity contribution in [2.75, 3.05) is 0 Å². The van der Waals surface area contributed by atoms with E-state index >= 15 is 0 Å². The lowest BCUT2D eigenvalue weighted by molar-refractivity contribution is 1.18. The summed E-state index contributed by atoms with van der Waals surface area (Å²) in [7, 11) is 0. The largest absolute Gasteiger partial charge is 0.309 e. The Hall–Kier alpha value is -7.70. The number of nitrogens with zero attached hydrogens (tertiary/aromatic N) is 5. The van der Waals surface area contributed by atoms with Crippen molar-refractivity contribution in [1.29, 1.82) is 21.0 Å². The predicted molar refractivity (Wildman–Crippen MR) is 201 cm³/mol. The van der Waals surface area contributed by atoms with Gasteiger partial charge in [0.25, 0.3) is 0 Å². The van der Waals surface area contributed by atoms with Crippen LogP contribution in [-0.2, 0) is 0 Å². The molecule has 0 radical (unpaired) electrons. The molecule has 0 bridgehead atoms. The van der Waals surface area contributed by atoms with Crippen molar-refractivity contribution in [2.45, 2.75) is 0 Å². The Balaban J connectivity index is 1.53. The Morgan fingerprint density at radius 3 is 1.41 bits per heavy atom. The Morgan fingerprint density at radius 2 is 0.882 bits per heavy atom. The van der Waals surface area contributed by atoms with E-state index < -0.39 is 0 Å². The molecule has 8 rings (SSSR count). The summed E-state index contributed by atoms with van der Waals surface area (Å²) in [5.74, 6) is 0. The molecule has 0 aliphatic rings. The van der Waals surface area contributed by atoms with Gasteiger partial charge in [-0.3, -0.25) is 0 Å². The van der Waals surface area contributed by atoms with E-state index in [4.69, 9.17) is 0 Å². The first-order valence-electron chi connectivity index (χ1n) is 16.3. The minimum absolute atomic E-state index is 0.413. The fourth-order valence-corrected chi connectivity index (χ4v) is 7.12. The highest BCUT2D eigenvalue weighted by atomic mass is 15.0. The highest BCUT2D eigenvalue weighted by Crippen LogP contribution is 2.43. The first-order chi connectivity index (χ1) is 25.1. The number of hydrogen-bond donors (Lipinski definition) is 0. The zero-order valence-corrected chi connectivity index (χ0v) is 27.2. The third-order valence-electron chi connectivity index (χ3n) is 9.35. The SMILES string of the molecule is N#Cc1cccc(C#N)c1-c1ccc2c3c(-c4c(C#N)cccc4C#N)cccc3n(-c3cc(-c4ccccc4)cc(-c4ccccc4)c3)c2c1. The molecule has 0 saturated heterocycles. The van der Waals surface area contributed by atoms with Crippen molar-refractivity contribution >= 4 is 21.8 Å². The number of aromatic nitrogens is 1. The zero-order valence-electron chi connectivity index (χ0n) is 27.2. The van der Waals surface area contributed by atoms with Gasteiger partial charge in [0, 0.05) is 27.6 Å². The topological polar surface area (TPSA) is 100 Å². The van der Waals surface area contributed by atoms with Crippen LogP contribution in [0.3, 0.4) is 0 Å². The number of hydrogen-bond acceptors (Lipinski definition) is 4. The van der Waals surface area contributed by atoms with E-state index in [0.29, 0.717) is 33.4 Å². The molecule has 234 valence electrons. The van der Waals surface area contributed by atoms with Gasteiger partial charge in [-0.1, -0.05) is 97.1 Å². The minimum atomic E-state index is 0.413. The van der Waals surface area contributed by atoms with E-state index in [-0.39, 0.29) is 0 Å². The molecule has 5 nitrogen and oxygen atoms in total. The van der Waals surface area contributed by atoms with Crippen LogP contribution in [0.4, 0.5) is 0 Å². The monoisotopic (exact) mass is 647 g/mol. The molecule has 5 heteroatoms. The maximum atomic E-state index is 10.2. The summed E-state index contributed by atoms with van der Waals surface area (Å²) in [6.45, 7) is 0. The van der Waals surface area contributed by atoms with Gasteiger partial charge in [-0.15, -0.1) is 0 Å². The van der Waals surface area contributed by atoms with Crippen LogP contribution in [-0.4, -0.2) is 4.57 Å². The van der Waals surface area contributed by atoms with Gasteiger partial charge < -0.3 is 4.57 Å². The molecule has 0 amide bonds. The van der Waals surface area contributed by atoms with Crippen LogP contribution in [0.1, 0.15) is 22.3 Å². The van der Waals surface area contributed by atoms with Gasteiger partial charge in [-0.05, 0) is 88.0 Å². The molecule has 0 spiro atoms. The Kier molecular flexibility index (Phi) is 7.64. The first-order valence-corrected chi connectivity index (χ1v) is 16.3. The van der Waals surface area contributed by atoms with E-state index in [1.165, 1.54) is 0 Å². The average molecular weight is 648 g/mol. The molecule has 0 aliphatic carbocycles. The van der Waals surface area contributed by atoms with Crippen molar-refractivity contribution in [3.63, 3.8) is 0 Å². The molecule has 7 aromatic carbocycles. The Morgan fingerprint density at radius 1 is 0.373 bits per heavy atom. The van der Waals surface area contributed by atoms with Crippen LogP contribution in [0.25, 0.3) is 72.0 Å². The van der Waals surface area contributed by atoms with E-state index in [2.05, 4.69) is 77.4 Å². The number of nitriles is 4. The molecule has 0 fully saturated rings. The summed E-state index contributed by atoms with van der Waals surface area (Å²) in [5, 5.41) is 42.3. The fourth-order valence-electron chi connectivity index (χ4n) is 7.12. The van der Waals surface area contributed by atoms with Crippen molar-refractivity contribution in [3.8, 4) is 74.5 Å². The second-order valence-corrected chi connectivity index (χ2v) is 12.2. The molecule has 1 aromatic heterocycles. The molecule has 8 aromatic rings. The van der Waals surface area contributed by atoms with Gasteiger partial charge in [0.15, 0.2) is 0 Å². The lowest BCUT2D eigenvalue weighted by Gasteiger charge is -2.15. The number of benzene rings is 7. The van der Waals surface area contributed by atoms with E-state index in [1.807, 2.05) is 66.7 Å². The van der Waals surface area contributed by atoms with E-state index in [1.54, 1.807) is 36.4 Å². The van der Waals surface area contributed by atoms with Crippen LogP contribution in [0.15, 0.2) is 152 Å². The van der Waals surface area contributed by atoms with E-state index in [0.717, 1.165) is 60.9 Å². The molecule has 0 unspecified atom stereocenters. The highest BCUT2D eigenvalue weighted by molar-refractivity contribution is 6.17. The van der Waals surface area contributed by atoms with Crippen LogP contribution < -0.4 is 0 Å². The lowest BCUT2D eigenvalue weighted by Crippen LogP contribution is -1.97. The minimum Gasteiger partial charge on any atom is -0.309 e. The molecule has 0 saturated carbocycles. The summed E-state index contributed by atoms with van der Waals surface area (Å²) < 4.78 is 2.21. The number of rotatable bonds is 5. The quantitative estimate of drug-likeness (QED) is 0.185. The smallest absolute Gasteiger partial charge is 0.0998 e. The molecule has 51 heavy (non-hydrogen) atoms. The third kappa shape index (κ3) is 5.17. The zero-order chi connectivity index (χ0) is 34.9. The van der Waals surface area contributed by atoms with Crippen LogP contribution in [0.2, 0.25) is 0 Å². The van der Waals surface area contributed by atoms with E-state index in [9.17, 15) is 21.0 Å². The molecular formula is C46H25N5. The van der Waals surface area contributed by atoms with Crippen molar-refractivity contribution in [3.05, 3.63) is 174 Å². The summed E-state index contributed by atoms with van der Waals surface area (Å²) in [6, 6.07) is 58.6. The van der Waals surface area contributed by atoms with Crippen molar-refractivity contribution < 1.29 is 0 Å². The average Bonchev–Trinajstić information content (AvgIpc) is 3.54. The molecule has 0 N–H and O–H groups in total. The van der Waals surface area contributed by atoms with Crippen LogP contribution in [0.5, 0.6) is 0 Å². The first kappa shape index (κ1) is 30.6. The summed E-state index contributed by atoms with van der Waals surface area (Å²) in [5.41, 5.74) is 11.2. The maximum Gasteiger partial charge on any atom is 0.0998 e. The van der Waals surface area contributed by atoms with Gasteiger partial charge >= 0.3 is 0 Å². The van der Waals surface area contributed by atoms with Gasteiger partial charge in [0.2, 0.25) is 0 Å². The molecule has 0 aliphatic heterocycles. The predicted octanol–water partition coefficient (Wildman–Crippen LogP) is 10.9. The second kappa shape index (κ2) is 12.7. The number of fused-ring (bicyclic) bond motifs is 3. The van der Waals surface area contributed by atoms with Gasteiger partial charge in [0.05, 0.1) is 57.6 Å².